The first kappa shape index (κ1) is 48.2. The van der Waals surface area contributed by atoms with Crippen molar-refractivity contribution in [3.8, 4) is 0 Å². The highest BCUT2D eigenvalue weighted by Gasteiger charge is 2.58. The molecule has 3 aliphatic heterocycles. The van der Waals surface area contributed by atoms with Gasteiger partial charge in [0.25, 0.3) is 20.2 Å². The molecule has 4 saturated carbocycles. The lowest BCUT2D eigenvalue weighted by Gasteiger charge is -2.62. The van der Waals surface area contributed by atoms with Crippen LogP contribution >= 0.6 is 0 Å². The molecule has 3 aromatic carbocycles. The summed E-state index contributed by atoms with van der Waals surface area (Å²) >= 11 is 0. The molecule has 2 amide bonds. The van der Waals surface area contributed by atoms with E-state index in [4.69, 9.17) is 0 Å². The Morgan fingerprint density at radius 1 is 0.809 bits per heavy atom. The third-order valence-corrected chi connectivity index (χ3v) is 17.5. The van der Waals surface area contributed by atoms with Crippen LogP contribution in [0.4, 0.5) is 20.2 Å². The molecule has 0 spiro atoms. The zero-order chi connectivity index (χ0) is 48.8. The van der Waals surface area contributed by atoms with E-state index in [-0.39, 0.29) is 52.3 Å². The number of nitrogens with one attached hydrogen (secondary N) is 2. The maximum absolute atomic E-state index is 13.9. The highest BCUT2D eigenvalue weighted by Crippen LogP contribution is 2.57. The largest absolute Gasteiger partial charge is 0.351 e. The molecular weight excluding hydrogens is 913 g/mol. The molecule has 0 saturated heterocycles. The Morgan fingerprint density at radius 2 is 1.41 bits per heavy atom. The van der Waals surface area contributed by atoms with Gasteiger partial charge in [-0.1, -0.05) is 19.9 Å². The van der Waals surface area contributed by atoms with Crippen molar-refractivity contribution in [3.63, 3.8) is 0 Å². The maximum Gasteiger partial charge on any atom is 0.294 e. The molecule has 4 aliphatic carbocycles. The highest BCUT2D eigenvalue weighted by molar-refractivity contribution is 7.86. The van der Waals surface area contributed by atoms with E-state index in [1.54, 1.807) is 17.0 Å². The molecule has 3 heterocycles. The topological polar surface area (TPSA) is 176 Å². The first-order chi connectivity index (χ1) is 31.9. The number of likely N-dealkylation sites (N-methyl/N-ethyl adjacent to an activating group) is 1. The van der Waals surface area contributed by atoms with Gasteiger partial charge in [-0.2, -0.15) is 21.4 Å². The average Bonchev–Trinajstić information content (AvgIpc) is 3.82. The second-order valence-electron chi connectivity index (χ2n) is 21.3. The lowest BCUT2D eigenvalue weighted by Crippen LogP contribution is -2.69. The van der Waals surface area contributed by atoms with Gasteiger partial charge in [0.15, 0.2) is 17.3 Å². The van der Waals surface area contributed by atoms with E-state index in [0.29, 0.717) is 48.9 Å². The zero-order valence-corrected chi connectivity index (χ0v) is 41.0. The number of carbonyl (C=O) groups excluding carboxylic acids is 2. The summed E-state index contributed by atoms with van der Waals surface area (Å²) in [6, 6.07) is 11.7. The molecule has 17 heteroatoms. The predicted octanol–water partition coefficient (Wildman–Crippen LogP) is 7.99. The van der Waals surface area contributed by atoms with Crippen LogP contribution in [0, 0.1) is 23.5 Å². The van der Waals surface area contributed by atoms with E-state index in [2.05, 4.69) is 20.1 Å². The summed E-state index contributed by atoms with van der Waals surface area (Å²) in [6.07, 6.45) is 14.2. The average molecular weight is 975 g/mol. The number of halogens is 2. The monoisotopic (exact) mass is 974 g/mol. The lowest BCUT2D eigenvalue weighted by atomic mass is 9.50. The summed E-state index contributed by atoms with van der Waals surface area (Å²) in [5, 5.41) is 7.12. The fourth-order valence-electron chi connectivity index (χ4n) is 13.1. The number of carbonyl (C=O) groups is 2. The molecule has 10 rings (SSSR count). The third kappa shape index (κ3) is 8.86. The molecule has 7 aliphatic rings. The van der Waals surface area contributed by atoms with E-state index in [1.807, 2.05) is 52.8 Å². The van der Waals surface area contributed by atoms with Gasteiger partial charge in [-0.3, -0.25) is 18.7 Å². The molecule has 3 aromatic rings. The Morgan fingerprint density at radius 3 is 2.03 bits per heavy atom. The number of allylic oxidation sites excluding steroid dienone is 4. The van der Waals surface area contributed by atoms with Crippen molar-refractivity contribution >= 4 is 49.1 Å². The van der Waals surface area contributed by atoms with Crippen molar-refractivity contribution in [2.75, 3.05) is 24.5 Å². The number of unbranched alkanes of at least 4 members (excludes halogenated alkanes) is 2. The van der Waals surface area contributed by atoms with Crippen LogP contribution in [0.25, 0.3) is 0 Å². The summed E-state index contributed by atoms with van der Waals surface area (Å²) in [6.45, 7) is 11.9. The number of rotatable bonds is 15. The molecule has 4 fully saturated rings. The minimum Gasteiger partial charge on any atom is -0.351 e. The molecule has 4 N–H and O–H groups in total. The number of fused-ring (bicyclic) bond motifs is 3. The molecule has 4 bridgehead atoms. The molecule has 2 unspecified atom stereocenters. The van der Waals surface area contributed by atoms with Gasteiger partial charge in [0.2, 0.25) is 17.5 Å². The second-order valence-corrected chi connectivity index (χ2v) is 24.1. The van der Waals surface area contributed by atoms with Gasteiger partial charge in [0.1, 0.15) is 6.54 Å². The van der Waals surface area contributed by atoms with Crippen LogP contribution < -0.4 is 15.5 Å². The van der Waals surface area contributed by atoms with Crippen molar-refractivity contribution in [2.45, 2.75) is 144 Å². The van der Waals surface area contributed by atoms with E-state index < -0.39 is 42.7 Å². The van der Waals surface area contributed by atoms with E-state index in [9.17, 15) is 44.3 Å². The Kier molecular flexibility index (Phi) is 12.2. The number of hydrogen-bond acceptors (Lipinski definition) is 8. The van der Waals surface area contributed by atoms with Crippen LogP contribution in [-0.2, 0) is 53.7 Å². The molecule has 0 radical (unpaired) electrons. The van der Waals surface area contributed by atoms with E-state index >= 15 is 0 Å². The van der Waals surface area contributed by atoms with Crippen molar-refractivity contribution in [1.29, 1.82) is 0 Å². The zero-order valence-electron chi connectivity index (χ0n) is 39.4. The molecule has 2 atom stereocenters. The minimum atomic E-state index is -4.46. The second kappa shape index (κ2) is 17.2. The quantitative estimate of drug-likeness (QED) is 0.0664. The Bertz CT molecular complexity index is 2880. The Balaban J connectivity index is 0.855. The van der Waals surface area contributed by atoms with Gasteiger partial charge in [0.05, 0.1) is 21.8 Å². The number of anilines is 1. The van der Waals surface area contributed by atoms with Gasteiger partial charge >= 0.3 is 0 Å². The van der Waals surface area contributed by atoms with Crippen LogP contribution in [0.15, 0.2) is 82.2 Å². The van der Waals surface area contributed by atoms with Crippen molar-refractivity contribution in [3.05, 3.63) is 106 Å². The van der Waals surface area contributed by atoms with E-state index in [1.165, 1.54) is 36.4 Å². The molecule has 364 valence electrons. The highest BCUT2D eigenvalue weighted by atomic mass is 32.2. The minimum absolute atomic E-state index is 0.0217. The Hall–Kier alpha value is -4.81. The number of nitrogens with zero attached hydrogens (tertiary/aromatic N) is 3. The van der Waals surface area contributed by atoms with Gasteiger partial charge in [-0.15, -0.1) is 0 Å². The standard InChI is InChI=1S/C51H61F2N5O8S2/c1-6-57-42-16-14-36(67(61,62)63)22-38(42)48(2,3)44(57)11-10-12-45-49(4,5)39-23-37(68(64,65)66)15-17-43(39)58(45)18-9-7-8-13-46(59)55-51-26-32-19-33(27-51)25-50(24-32,31-51)54-28-47(60)56-29-34-20-40(52)41(53)21-35(34)30-56/h10-12,14-17,20-23,32-33,54H,6-9,13,18-19,24-31H2,1-5H3,(H2-,55,59,61,62,63,64,65,66)/p+1. The smallest absolute Gasteiger partial charge is 0.294 e. The summed E-state index contributed by atoms with van der Waals surface area (Å²) in [5.74, 6) is -1.01. The summed E-state index contributed by atoms with van der Waals surface area (Å²) in [7, 11) is -8.87. The SMILES string of the molecule is CCN1/C(=C/C=C/C2=[N+](CCCCCC(=O)NC34CC5CC(CC(NCC(=O)N6Cc7cc(F)c(F)cc7C6)(C5)C3)C4)c3ccc(S(=O)(=O)O)cc3C2(C)C)C(C)(C)c2cc(S(=O)(=O)O)ccc21. The van der Waals surface area contributed by atoms with Gasteiger partial charge in [-0.05, 0) is 149 Å². The van der Waals surface area contributed by atoms with E-state index in [0.717, 1.165) is 85.3 Å². The van der Waals surface area contributed by atoms with Gasteiger partial charge in [-0.25, -0.2) is 8.78 Å². The van der Waals surface area contributed by atoms with Crippen LogP contribution in [-0.4, -0.2) is 83.7 Å². The van der Waals surface area contributed by atoms with Gasteiger partial charge in [0, 0.05) is 78.1 Å². The normalized spacial score (nSPS) is 26.0. The fourth-order valence-corrected chi connectivity index (χ4v) is 14.1. The summed E-state index contributed by atoms with van der Waals surface area (Å²) in [4.78, 5) is 30.5. The maximum atomic E-state index is 13.9. The number of hydrogen-bond donors (Lipinski definition) is 4. The van der Waals surface area contributed by atoms with Gasteiger partial charge < -0.3 is 20.4 Å². The third-order valence-electron chi connectivity index (χ3n) is 15.8. The van der Waals surface area contributed by atoms with Crippen molar-refractivity contribution in [2.24, 2.45) is 11.8 Å². The fraction of sp³-hybridized carbons (Fsp3) is 0.510. The summed E-state index contributed by atoms with van der Waals surface area (Å²) < 4.78 is 98.3. The molecular formula is C51H62F2N5O8S2+. The predicted molar refractivity (Wildman–Crippen MR) is 254 cm³/mol. The van der Waals surface area contributed by atoms with Crippen molar-refractivity contribution in [1.82, 2.24) is 15.5 Å². The lowest BCUT2D eigenvalue weighted by molar-refractivity contribution is -0.438. The number of amides is 2. The Labute approximate surface area is 398 Å². The molecule has 68 heavy (non-hydrogen) atoms. The molecule has 0 aromatic heterocycles. The molecule has 13 nitrogen and oxygen atoms in total. The van der Waals surface area contributed by atoms with Crippen LogP contribution in [0.2, 0.25) is 0 Å². The number of benzene rings is 3. The van der Waals surface area contributed by atoms with Crippen LogP contribution in [0.3, 0.4) is 0 Å². The first-order valence-corrected chi connectivity index (χ1v) is 26.7. The summed E-state index contributed by atoms with van der Waals surface area (Å²) in [5.41, 5.74) is 4.47. The van der Waals surface area contributed by atoms with Crippen molar-refractivity contribution < 1.29 is 48.9 Å². The van der Waals surface area contributed by atoms with Crippen LogP contribution in [0.5, 0.6) is 0 Å². The van der Waals surface area contributed by atoms with Crippen LogP contribution in [0.1, 0.15) is 121 Å². The first-order valence-electron chi connectivity index (χ1n) is 23.8.